The van der Waals surface area contributed by atoms with Crippen LogP contribution in [0.25, 0.3) is 0 Å². The minimum atomic E-state index is -0.401. The van der Waals surface area contributed by atoms with Gasteiger partial charge in [-0.05, 0) is 18.6 Å². The van der Waals surface area contributed by atoms with E-state index in [1.807, 2.05) is 23.2 Å². The van der Waals surface area contributed by atoms with Crippen molar-refractivity contribution in [2.45, 2.75) is 19.3 Å². The van der Waals surface area contributed by atoms with Gasteiger partial charge in [0.05, 0.1) is 0 Å². The quantitative estimate of drug-likeness (QED) is 0.810. The van der Waals surface area contributed by atoms with Crippen LogP contribution in [0, 0.1) is 5.41 Å². The van der Waals surface area contributed by atoms with E-state index in [9.17, 15) is 14.4 Å². The summed E-state index contributed by atoms with van der Waals surface area (Å²) in [6.07, 6.45) is 3.28. The summed E-state index contributed by atoms with van der Waals surface area (Å²) >= 11 is 0. The molecule has 8 heteroatoms. The third-order valence-corrected chi connectivity index (χ3v) is 5.16. The van der Waals surface area contributed by atoms with Gasteiger partial charge in [0.25, 0.3) is 0 Å². The van der Waals surface area contributed by atoms with Gasteiger partial charge in [-0.2, -0.15) is 0 Å². The van der Waals surface area contributed by atoms with Crippen molar-refractivity contribution in [2.75, 3.05) is 46.8 Å². The first kappa shape index (κ1) is 18.3. The minimum Gasteiger partial charge on any atom is -0.365 e. The maximum Gasteiger partial charge on any atom is 0.319 e. The molecule has 1 atom stereocenters. The summed E-state index contributed by atoms with van der Waals surface area (Å²) in [5.74, 6) is 0.0559. The summed E-state index contributed by atoms with van der Waals surface area (Å²) < 4.78 is 0. The van der Waals surface area contributed by atoms with Gasteiger partial charge >= 0.3 is 6.03 Å². The Morgan fingerprint density at radius 3 is 2.58 bits per heavy atom. The lowest BCUT2D eigenvalue weighted by Crippen LogP contribution is -2.47. The number of hydrogen-bond donors (Lipinski definition) is 2. The lowest BCUT2D eigenvalue weighted by Gasteiger charge is -2.33. The average molecular weight is 361 g/mol. The number of nitrogens with zero attached hydrogens (tertiary/aromatic N) is 3. The summed E-state index contributed by atoms with van der Waals surface area (Å²) in [5.41, 5.74) is 0.631. The Balaban J connectivity index is 1.71. The van der Waals surface area contributed by atoms with E-state index in [1.54, 1.807) is 23.9 Å². The van der Waals surface area contributed by atoms with Crippen molar-refractivity contribution < 1.29 is 14.4 Å². The SMILES string of the molecule is CN(C)C(=O)N1CCN(C(=O)CCc2ccc[nH]2)CC2(CNC(=O)C2)C1. The van der Waals surface area contributed by atoms with Gasteiger partial charge in [-0.1, -0.05) is 0 Å². The molecule has 0 aliphatic carbocycles. The van der Waals surface area contributed by atoms with Gasteiger partial charge in [-0.25, -0.2) is 4.79 Å². The standard InChI is InChI=1S/C18H27N5O3/c1-21(2)17(26)23-9-8-22(12-18(13-23)10-15(24)20-11-18)16(25)6-5-14-4-3-7-19-14/h3-4,7,19H,5-6,8-13H2,1-2H3,(H,20,24). The summed E-state index contributed by atoms with van der Waals surface area (Å²) in [5, 5.41) is 2.88. The van der Waals surface area contributed by atoms with Crippen LogP contribution >= 0.6 is 0 Å². The first-order chi connectivity index (χ1) is 12.4. The van der Waals surface area contributed by atoms with E-state index >= 15 is 0 Å². The molecule has 1 aromatic heterocycles. The Hall–Kier alpha value is -2.51. The number of carbonyl (C=O) groups excluding carboxylic acids is 3. The number of H-pyrrole nitrogens is 1. The van der Waals surface area contributed by atoms with E-state index in [1.165, 1.54) is 0 Å². The number of carbonyl (C=O) groups is 3. The molecule has 8 nitrogen and oxygen atoms in total. The highest BCUT2D eigenvalue weighted by molar-refractivity contribution is 5.81. The molecule has 3 heterocycles. The predicted molar refractivity (Wildman–Crippen MR) is 96.4 cm³/mol. The third kappa shape index (κ3) is 4.00. The normalized spacial score (nSPS) is 23.1. The van der Waals surface area contributed by atoms with Crippen LogP contribution in [0.15, 0.2) is 18.3 Å². The summed E-state index contributed by atoms with van der Waals surface area (Å²) in [4.78, 5) is 45.3. The molecule has 0 bridgehead atoms. The summed E-state index contributed by atoms with van der Waals surface area (Å²) in [6.45, 7) is 2.49. The number of hydrogen-bond acceptors (Lipinski definition) is 3. The number of rotatable bonds is 3. The molecule has 1 unspecified atom stereocenters. The van der Waals surface area contributed by atoms with E-state index in [0.717, 1.165) is 5.69 Å². The first-order valence-corrected chi connectivity index (χ1v) is 9.01. The number of aryl methyl sites for hydroxylation is 1. The number of amides is 4. The van der Waals surface area contributed by atoms with Gasteiger partial charge in [-0.3, -0.25) is 9.59 Å². The van der Waals surface area contributed by atoms with E-state index in [0.29, 0.717) is 52.0 Å². The van der Waals surface area contributed by atoms with Crippen molar-refractivity contribution in [3.05, 3.63) is 24.0 Å². The molecule has 4 amide bonds. The Labute approximate surface area is 153 Å². The fourth-order valence-corrected chi connectivity index (χ4v) is 3.82. The smallest absolute Gasteiger partial charge is 0.319 e. The highest BCUT2D eigenvalue weighted by atomic mass is 16.2. The molecular weight excluding hydrogens is 334 g/mol. The van der Waals surface area contributed by atoms with Crippen LogP contribution in [-0.4, -0.2) is 84.3 Å². The molecule has 1 spiro atoms. The van der Waals surface area contributed by atoms with Gasteiger partial charge in [0.15, 0.2) is 0 Å². The Morgan fingerprint density at radius 2 is 1.96 bits per heavy atom. The zero-order chi connectivity index (χ0) is 18.7. The number of aromatic nitrogens is 1. The fourth-order valence-electron chi connectivity index (χ4n) is 3.82. The zero-order valence-corrected chi connectivity index (χ0v) is 15.5. The maximum atomic E-state index is 12.8. The fraction of sp³-hybridized carbons (Fsp3) is 0.611. The highest BCUT2D eigenvalue weighted by Crippen LogP contribution is 2.31. The monoisotopic (exact) mass is 361 g/mol. The summed E-state index contributed by atoms with van der Waals surface area (Å²) in [6, 6.07) is 3.81. The second-order valence-corrected chi connectivity index (χ2v) is 7.56. The van der Waals surface area contributed by atoms with Gasteiger partial charge in [0.2, 0.25) is 11.8 Å². The van der Waals surface area contributed by atoms with Gasteiger partial charge in [-0.15, -0.1) is 0 Å². The summed E-state index contributed by atoms with van der Waals surface area (Å²) in [7, 11) is 3.44. The van der Waals surface area contributed by atoms with E-state index in [2.05, 4.69) is 10.3 Å². The molecular formula is C18H27N5O3. The molecule has 0 aromatic carbocycles. The molecule has 2 fully saturated rings. The Bertz CT molecular complexity index is 672. The largest absolute Gasteiger partial charge is 0.365 e. The number of nitrogens with one attached hydrogen (secondary N) is 2. The maximum absolute atomic E-state index is 12.8. The Kier molecular flexibility index (Phi) is 5.20. The zero-order valence-electron chi connectivity index (χ0n) is 15.5. The lowest BCUT2D eigenvalue weighted by molar-refractivity contribution is -0.132. The van der Waals surface area contributed by atoms with Crippen molar-refractivity contribution in [2.24, 2.45) is 5.41 Å². The highest BCUT2D eigenvalue weighted by Gasteiger charge is 2.44. The predicted octanol–water partition coefficient (Wildman–Crippen LogP) is 0.279. The van der Waals surface area contributed by atoms with Gasteiger partial charge in [0.1, 0.15) is 0 Å². The van der Waals surface area contributed by atoms with Gasteiger partial charge in [0, 0.05) is 77.0 Å². The third-order valence-electron chi connectivity index (χ3n) is 5.16. The van der Waals surface area contributed by atoms with Crippen molar-refractivity contribution in [3.8, 4) is 0 Å². The molecule has 0 radical (unpaired) electrons. The van der Waals surface area contributed by atoms with Crippen LogP contribution in [0.1, 0.15) is 18.5 Å². The average Bonchev–Trinajstić information content (AvgIpc) is 3.19. The van der Waals surface area contributed by atoms with Crippen molar-refractivity contribution >= 4 is 17.8 Å². The molecule has 0 saturated carbocycles. The second kappa shape index (κ2) is 7.39. The topological polar surface area (TPSA) is 88.8 Å². The Morgan fingerprint density at radius 1 is 1.23 bits per heavy atom. The number of urea groups is 1. The molecule has 26 heavy (non-hydrogen) atoms. The van der Waals surface area contributed by atoms with Gasteiger partial charge < -0.3 is 25.0 Å². The van der Waals surface area contributed by atoms with Crippen LogP contribution in [0.4, 0.5) is 4.79 Å². The van der Waals surface area contributed by atoms with E-state index in [-0.39, 0.29) is 17.8 Å². The second-order valence-electron chi connectivity index (χ2n) is 7.56. The van der Waals surface area contributed by atoms with E-state index < -0.39 is 5.41 Å². The minimum absolute atomic E-state index is 0.0112. The number of aromatic amines is 1. The van der Waals surface area contributed by atoms with Crippen LogP contribution in [-0.2, 0) is 16.0 Å². The van der Waals surface area contributed by atoms with Crippen molar-refractivity contribution in [1.29, 1.82) is 0 Å². The van der Waals surface area contributed by atoms with Crippen LogP contribution in [0.2, 0.25) is 0 Å². The molecule has 2 aliphatic heterocycles. The van der Waals surface area contributed by atoms with E-state index in [4.69, 9.17) is 0 Å². The molecule has 3 rings (SSSR count). The van der Waals surface area contributed by atoms with Crippen molar-refractivity contribution in [1.82, 2.24) is 25.0 Å². The van der Waals surface area contributed by atoms with Crippen LogP contribution in [0.5, 0.6) is 0 Å². The lowest BCUT2D eigenvalue weighted by atomic mass is 9.86. The molecule has 2 N–H and O–H groups in total. The van der Waals surface area contributed by atoms with Crippen LogP contribution in [0.3, 0.4) is 0 Å². The molecule has 2 saturated heterocycles. The van der Waals surface area contributed by atoms with Crippen molar-refractivity contribution in [3.63, 3.8) is 0 Å². The molecule has 2 aliphatic rings. The molecule has 142 valence electrons. The first-order valence-electron chi connectivity index (χ1n) is 9.01. The van der Waals surface area contributed by atoms with Crippen LogP contribution < -0.4 is 5.32 Å². The molecule has 1 aromatic rings.